The third-order valence-corrected chi connectivity index (χ3v) is 1.41. The molecule has 0 fully saturated rings. The normalized spacial score (nSPS) is 10.0. The van der Waals surface area contributed by atoms with E-state index in [2.05, 4.69) is 4.43 Å². The third-order valence-electron chi connectivity index (χ3n) is 0.253. The van der Waals surface area contributed by atoms with Crippen LogP contribution in [-0.2, 0) is 4.43 Å². The molecule has 0 aliphatic rings. The maximum absolute atomic E-state index is 5.22. The third kappa shape index (κ3) is 4.76. The lowest BCUT2D eigenvalue weighted by molar-refractivity contribution is 0.366. The molecule has 0 heterocycles. The molecule has 6 heavy (non-hydrogen) atoms. The van der Waals surface area contributed by atoms with Gasteiger partial charge in [0, 0.05) is 6.61 Å². The quantitative estimate of drug-likeness (QED) is 0.421. The van der Waals surface area contributed by atoms with Gasteiger partial charge in [0.25, 0.3) is 0 Å². The van der Waals surface area contributed by atoms with Gasteiger partial charge in [0.05, 0.1) is 0 Å². The first-order valence-electron chi connectivity index (χ1n) is 1.58. The minimum atomic E-state index is -1.44. The lowest BCUT2D eigenvalue weighted by atomic mass is 10.9. The van der Waals surface area contributed by atoms with E-state index in [0.717, 1.165) is 0 Å². The van der Waals surface area contributed by atoms with Gasteiger partial charge < -0.3 is 4.43 Å². The van der Waals surface area contributed by atoms with Crippen molar-refractivity contribution in [1.82, 2.24) is 0 Å². The van der Waals surface area contributed by atoms with Crippen LogP contribution in [0.5, 0.6) is 0 Å². The van der Waals surface area contributed by atoms with E-state index in [0.29, 0.717) is 6.61 Å². The molecule has 1 radical (unpaired) electrons. The molecule has 0 spiro atoms. The zero-order chi connectivity index (χ0) is 4.99. The highest BCUT2D eigenvalue weighted by Gasteiger charge is 1.99. The fourth-order valence-corrected chi connectivity index (χ4v) is 0.982. The van der Waals surface area contributed by atoms with Crippen LogP contribution in [0, 0.1) is 0 Å². The molecular formula is C2H5Cl2OSi. The van der Waals surface area contributed by atoms with E-state index < -0.39 is 7.66 Å². The Morgan fingerprint density at radius 1 is 1.67 bits per heavy atom. The molecule has 0 unspecified atom stereocenters. The highest BCUT2D eigenvalue weighted by atomic mass is 35.7. The Bertz CT molecular complexity index is 32.7. The van der Waals surface area contributed by atoms with Crippen molar-refractivity contribution >= 4 is 29.8 Å². The average molecular weight is 144 g/mol. The molecule has 0 aromatic rings. The summed E-state index contributed by atoms with van der Waals surface area (Å²) in [6.45, 7) is 2.47. The fourth-order valence-electron chi connectivity index (χ4n) is 0.109. The summed E-state index contributed by atoms with van der Waals surface area (Å²) in [5.41, 5.74) is 0. The number of rotatable bonds is 2. The summed E-state index contributed by atoms with van der Waals surface area (Å²) in [5, 5.41) is 0. The summed E-state index contributed by atoms with van der Waals surface area (Å²) >= 11 is 10.4. The predicted octanol–water partition coefficient (Wildman–Crippen LogP) is 1.49. The molecular weight excluding hydrogens is 139 g/mol. The van der Waals surface area contributed by atoms with E-state index in [4.69, 9.17) is 22.2 Å². The van der Waals surface area contributed by atoms with Crippen molar-refractivity contribution in [1.29, 1.82) is 0 Å². The molecule has 0 saturated carbocycles. The van der Waals surface area contributed by atoms with E-state index in [1.165, 1.54) is 0 Å². The van der Waals surface area contributed by atoms with Gasteiger partial charge in [-0.25, -0.2) is 0 Å². The second-order valence-electron chi connectivity index (χ2n) is 0.659. The highest BCUT2D eigenvalue weighted by Crippen LogP contribution is 1.94. The summed E-state index contributed by atoms with van der Waals surface area (Å²) in [5.74, 6) is 0. The van der Waals surface area contributed by atoms with Gasteiger partial charge in [0.15, 0.2) is 0 Å². The van der Waals surface area contributed by atoms with Gasteiger partial charge in [0.1, 0.15) is 0 Å². The second-order valence-corrected chi connectivity index (χ2v) is 4.04. The summed E-state index contributed by atoms with van der Waals surface area (Å²) in [6, 6.07) is 0. The maximum Gasteiger partial charge on any atom is 0.438 e. The Morgan fingerprint density at radius 3 is 2.17 bits per heavy atom. The smallest absolute Gasteiger partial charge is 0.392 e. The predicted molar refractivity (Wildman–Crippen MR) is 29.1 cm³/mol. The van der Waals surface area contributed by atoms with Crippen molar-refractivity contribution in [2.45, 2.75) is 6.92 Å². The second kappa shape index (κ2) is 3.93. The first-order valence-corrected chi connectivity index (χ1v) is 5.01. The average Bonchev–Trinajstić information content (AvgIpc) is 1.35. The molecule has 0 rings (SSSR count). The largest absolute Gasteiger partial charge is 0.438 e. The van der Waals surface area contributed by atoms with Crippen molar-refractivity contribution in [3.05, 3.63) is 0 Å². The highest BCUT2D eigenvalue weighted by molar-refractivity contribution is 7.30. The molecule has 0 aliphatic carbocycles. The van der Waals surface area contributed by atoms with Crippen molar-refractivity contribution in [2.24, 2.45) is 0 Å². The van der Waals surface area contributed by atoms with Crippen molar-refractivity contribution in [3.8, 4) is 0 Å². The Hall–Kier alpha value is 0.757. The zero-order valence-electron chi connectivity index (χ0n) is 3.37. The summed E-state index contributed by atoms with van der Waals surface area (Å²) < 4.78 is 4.67. The minimum absolute atomic E-state index is 0.612. The molecule has 0 bridgehead atoms. The van der Waals surface area contributed by atoms with E-state index >= 15 is 0 Å². The van der Waals surface area contributed by atoms with Crippen LogP contribution in [0.1, 0.15) is 6.92 Å². The number of hydrogen-bond donors (Lipinski definition) is 0. The molecule has 0 N–H and O–H groups in total. The lowest BCUT2D eigenvalue weighted by Gasteiger charge is -1.91. The molecule has 4 heteroatoms. The van der Waals surface area contributed by atoms with E-state index in [-0.39, 0.29) is 0 Å². The van der Waals surface area contributed by atoms with Crippen LogP contribution in [-0.4, -0.2) is 14.3 Å². The Labute approximate surface area is 48.3 Å². The van der Waals surface area contributed by atoms with Crippen molar-refractivity contribution in [2.75, 3.05) is 6.61 Å². The van der Waals surface area contributed by atoms with Crippen LogP contribution in [0.25, 0.3) is 0 Å². The molecule has 1 nitrogen and oxygen atoms in total. The standard InChI is InChI=1S/C2H5Cl2OSi/c1-2-5-6(3)4/h2H2,1H3. The van der Waals surface area contributed by atoms with Crippen LogP contribution in [0.4, 0.5) is 0 Å². The van der Waals surface area contributed by atoms with E-state index in [9.17, 15) is 0 Å². The molecule has 0 amide bonds. The topological polar surface area (TPSA) is 9.23 Å². The summed E-state index contributed by atoms with van der Waals surface area (Å²) in [4.78, 5) is 0. The summed E-state index contributed by atoms with van der Waals surface area (Å²) in [6.07, 6.45) is 0. The number of hydrogen-bond acceptors (Lipinski definition) is 1. The van der Waals surface area contributed by atoms with Gasteiger partial charge in [-0.2, -0.15) is 0 Å². The molecule has 0 saturated heterocycles. The zero-order valence-corrected chi connectivity index (χ0v) is 5.88. The molecule has 37 valence electrons. The van der Waals surface area contributed by atoms with E-state index in [1.807, 2.05) is 6.92 Å². The monoisotopic (exact) mass is 143 g/mol. The Balaban J connectivity index is 2.63. The first kappa shape index (κ1) is 6.76. The van der Waals surface area contributed by atoms with Gasteiger partial charge in [-0.05, 0) is 6.92 Å². The van der Waals surface area contributed by atoms with Crippen LogP contribution in [0.15, 0.2) is 0 Å². The van der Waals surface area contributed by atoms with Gasteiger partial charge >= 0.3 is 7.66 Å². The van der Waals surface area contributed by atoms with Crippen LogP contribution >= 0.6 is 22.2 Å². The Morgan fingerprint density at radius 2 is 2.17 bits per heavy atom. The van der Waals surface area contributed by atoms with Gasteiger partial charge in [-0.3, -0.25) is 0 Å². The van der Waals surface area contributed by atoms with Crippen LogP contribution in [0.3, 0.4) is 0 Å². The van der Waals surface area contributed by atoms with Gasteiger partial charge in [-0.1, -0.05) is 0 Å². The summed E-state index contributed by atoms with van der Waals surface area (Å²) in [7, 11) is -1.44. The molecule has 0 atom stereocenters. The van der Waals surface area contributed by atoms with Crippen molar-refractivity contribution in [3.63, 3.8) is 0 Å². The minimum Gasteiger partial charge on any atom is -0.392 e. The Kier molecular flexibility index (Phi) is 4.43. The van der Waals surface area contributed by atoms with Crippen LogP contribution < -0.4 is 0 Å². The van der Waals surface area contributed by atoms with Gasteiger partial charge in [0.2, 0.25) is 0 Å². The maximum atomic E-state index is 5.22. The molecule has 0 aliphatic heterocycles. The lowest BCUT2D eigenvalue weighted by Crippen LogP contribution is -1.99. The first-order chi connectivity index (χ1) is 2.77. The SMILES string of the molecule is CCO[Si](Cl)Cl. The number of halogens is 2. The molecule has 0 aromatic heterocycles. The van der Waals surface area contributed by atoms with Crippen LogP contribution in [0.2, 0.25) is 0 Å². The van der Waals surface area contributed by atoms with E-state index in [1.54, 1.807) is 0 Å². The van der Waals surface area contributed by atoms with Gasteiger partial charge in [-0.15, -0.1) is 22.2 Å². The molecule has 0 aromatic carbocycles. The van der Waals surface area contributed by atoms with Crippen molar-refractivity contribution < 1.29 is 4.43 Å². The fraction of sp³-hybridized carbons (Fsp3) is 1.00.